The molecule has 0 aromatic carbocycles. The molecule has 0 spiro atoms. The minimum atomic E-state index is 0.326. The predicted octanol–water partition coefficient (Wildman–Crippen LogP) is 1.58. The summed E-state index contributed by atoms with van der Waals surface area (Å²) in [5, 5.41) is 0.326. The number of aromatic nitrogens is 3. The van der Waals surface area contributed by atoms with Crippen molar-refractivity contribution in [1.82, 2.24) is 15.0 Å². The second-order valence-corrected chi connectivity index (χ2v) is 2.41. The van der Waals surface area contributed by atoms with Gasteiger partial charge in [0, 0.05) is 6.92 Å². The lowest BCUT2D eigenvalue weighted by atomic mass is 10.6. The first-order valence-corrected chi connectivity index (χ1v) is 3.39. The van der Waals surface area contributed by atoms with Crippen LogP contribution in [0.5, 0.6) is 0 Å². The van der Waals surface area contributed by atoms with Gasteiger partial charge in [0.05, 0.1) is 0 Å². The van der Waals surface area contributed by atoms with Gasteiger partial charge in [-0.25, -0.2) is 9.97 Å². The predicted molar refractivity (Wildman–Crippen MR) is 39.3 cm³/mol. The van der Waals surface area contributed by atoms with Gasteiger partial charge in [-0.2, -0.15) is 4.98 Å². The van der Waals surface area contributed by atoms with E-state index in [1.807, 2.05) is 0 Å². The van der Waals surface area contributed by atoms with Crippen LogP contribution in [0, 0.1) is 6.92 Å². The molecule has 0 amide bonds. The zero-order valence-corrected chi connectivity index (χ0v) is 6.46. The summed E-state index contributed by atoms with van der Waals surface area (Å²) in [6.07, 6.45) is 1.34. The number of aryl methyl sites for hydroxylation is 1. The fourth-order valence-electron chi connectivity index (χ4n) is 0.831. The molecule has 2 rings (SSSR count). The Morgan fingerprint density at radius 3 is 3.00 bits per heavy atom. The molecular weight excluding hydrogens is 166 g/mol. The number of hydrogen-bond acceptors (Lipinski definition) is 4. The zero-order valence-electron chi connectivity index (χ0n) is 5.71. The number of nitrogens with zero attached hydrogens (tertiary/aromatic N) is 3. The van der Waals surface area contributed by atoms with Crippen LogP contribution in [-0.2, 0) is 0 Å². The largest absolute Gasteiger partial charge is 0.422 e. The van der Waals surface area contributed by atoms with Crippen LogP contribution in [0.2, 0.25) is 5.15 Å². The molecule has 0 bridgehead atoms. The van der Waals surface area contributed by atoms with Gasteiger partial charge >= 0.3 is 0 Å². The highest BCUT2D eigenvalue weighted by Crippen LogP contribution is 2.18. The topological polar surface area (TPSA) is 51.8 Å². The maximum absolute atomic E-state index is 5.70. The molecule has 2 aromatic rings. The van der Waals surface area contributed by atoms with Crippen LogP contribution in [0.4, 0.5) is 0 Å². The first-order chi connectivity index (χ1) is 5.27. The van der Waals surface area contributed by atoms with Crippen LogP contribution in [0.15, 0.2) is 10.7 Å². The van der Waals surface area contributed by atoms with Crippen molar-refractivity contribution in [3.8, 4) is 0 Å². The molecule has 0 aliphatic heterocycles. The van der Waals surface area contributed by atoms with Gasteiger partial charge in [-0.05, 0) is 0 Å². The van der Waals surface area contributed by atoms with E-state index in [2.05, 4.69) is 15.0 Å². The first-order valence-electron chi connectivity index (χ1n) is 3.01. The molecule has 0 saturated heterocycles. The van der Waals surface area contributed by atoms with Crippen LogP contribution < -0.4 is 0 Å². The summed E-state index contributed by atoms with van der Waals surface area (Å²) in [5.74, 6) is 0.544. The molecule has 0 fully saturated rings. The zero-order chi connectivity index (χ0) is 7.84. The standard InChI is InChI=1S/C6H4ClN3O/c1-3-10-4-5(7)8-2-9-6(4)11-3/h2H,1H3. The van der Waals surface area contributed by atoms with Crippen LogP contribution in [0.25, 0.3) is 11.2 Å². The third kappa shape index (κ3) is 0.952. The van der Waals surface area contributed by atoms with Gasteiger partial charge in [-0.1, -0.05) is 11.6 Å². The lowest BCUT2D eigenvalue weighted by Crippen LogP contribution is -1.79. The minimum absolute atomic E-state index is 0.326. The van der Waals surface area contributed by atoms with Crippen molar-refractivity contribution in [2.75, 3.05) is 0 Å². The summed E-state index contributed by atoms with van der Waals surface area (Å²) in [5.41, 5.74) is 0.953. The van der Waals surface area contributed by atoms with Gasteiger partial charge < -0.3 is 4.42 Å². The quantitative estimate of drug-likeness (QED) is 0.562. The average molecular weight is 170 g/mol. The van der Waals surface area contributed by atoms with Crippen LogP contribution in [0.1, 0.15) is 5.89 Å². The Hall–Kier alpha value is -1.16. The van der Waals surface area contributed by atoms with E-state index in [0.29, 0.717) is 22.3 Å². The van der Waals surface area contributed by atoms with E-state index < -0.39 is 0 Å². The molecule has 2 aromatic heterocycles. The highest BCUT2D eigenvalue weighted by molar-refractivity contribution is 6.33. The van der Waals surface area contributed by atoms with E-state index in [-0.39, 0.29) is 0 Å². The third-order valence-corrected chi connectivity index (χ3v) is 1.53. The second kappa shape index (κ2) is 2.17. The summed E-state index contributed by atoms with van der Waals surface area (Å²) >= 11 is 5.70. The lowest BCUT2D eigenvalue weighted by Gasteiger charge is -1.84. The Kier molecular flexibility index (Phi) is 1.29. The van der Waals surface area contributed by atoms with E-state index in [0.717, 1.165) is 0 Å². The van der Waals surface area contributed by atoms with Crippen molar-refractivity contribution in [3.05, 3.63) is 17.4 Å². The van der Waals surface area contributed by atoms with Gasteiger partial charge in [0.2, 0.25) is 0 Å². The fraction of sp³-hybridized carbons (Fsp3) is 0.167. The van der Waals surface area contributed by atoms with E-state index in [1.54, 1.807) is 6.92 Å². The number of fused-ring (bicyclic) bond motifs is 1. The number of hydrogen-bond donors (Lipinski definition) is 0. The van der Waals surface area contributed by atoms with Crippen molar-refractivity contribution in [2.24, 2.45) is 0 Å². The van der Waals surface area contributed by atoms with Crippen LogP contribution in [-0.4, -0.2) is 15.0 Å². The minimum Gasteiger partial charge on any atom is -0.422 e. The van der Waals surface area contributed by atoms with Gasteiger partial charge in [-0.15, -0.1) is 0 Å². The molecule has 56 valence electrons. The van der Waals surface area contributed by atoms with E-state index >= 15 is 0 Å². The maximum Gasteiger partial charge on any atom is 0.251 e. The summed E-state index contributed by atoms with van der Waals surface area (Å²) < 4.78 is 5.10. The van der Waals surface area contributed by atoms with E-state index in [1.165, 1.54) is 6.33 Å². The Labute approximate surface area is 67.2 Å². The fourth-order valence-corrected chi connectivity index (χ4v) is 0.998. The van der Waals surface area contributed by atoms with Crippen molar-refractivity contribution in [3.63, 3.8) is 0 Å². The number of halogens is 1. The van der Waals surface area contributed by atoms with Crippen molar-refractivity contribution >= 4 is 22.8 Å². The second-order valence-electron chi connectivity index (χ2n) is 2.05. The Morgan fingerprint density at radius 2 is 2.27 bits per heavy atom. The highest BCUT2D eigenvalue weighted by atomic mass is 35.5. The molecular formula is C6H4ClN3O. The van der Waals surface area contributed by atoms with E-state index in [9.17, 15) is 0 Å². The van der Waals surface area contributed by atoms with Gasteiger partial charge in [0.25, 0.3) is 5.71 Å². The smallest absolute Gasteiger partial charge is 0.251 e. The molecule has 0 saturated carbocycles. The van der Waals surface area contributed by atoms with Gasteiger partial charge in [0.15, 0.2) is 16.6 Å². The average Bonchev–Trinajstić information content (AvgIpc) is 2.31. The molecule has 0 atom stereocenters. The summed E-state index contributed by atoms with van der Waals surface area (Å²) in [4.78, 5) is 11.6. The van der Waals surface area contributed by atoms with Crippen molar-refractivity contribution in [1.29, 1.82) is 0 Å². The Bertz CT molecular complexity index is 398. The summed E-state index contributed by atoms with van der Waals surface area (Å²) in [7, 11) is 0. The Balaban J connectivity index is 2.90. The molecule has 0 aliphatic rings. The van der Waals surface area contributed by atoms with Crippen LogP contribution >= 0.6 is 11.6 Å². The first kappa shape index (κ1) is 6.54. The number of oxazole rings is 1. The molecule has 0 radical (unpaired) electrons. The molecule has 5 heteroatoms. The normalized spacial score (nSPS) is 10.7. The maximum atomic E-state index is 5.70. The number of rotatable bonds is 0. The third-order valence-electron chi connectivity index (χ3n) is 1.26. The summed E-state index contributed by atoms with van der Waals surface area (Å²) in [6.45, 7) is 1.73. The Morgan fingerprint density at radius 1 is 1.45 bits per heavy atom. The molecule has 4 nitrogen and oxygen atoms in total. The molecule has 0 N–H and O–H groups in total. The molecule has 0 aliphatic carbocycles. The highest BCUT2D eigenvalue weighted by Gasteiger charge is 2.06. The molecule has 11 heavy (non-hydrogen) atoms. The van der Waals surface area contributed by atoms with Gasteiger partial charge in [-0.3, -0.25) is 0 Å². The summed E-state index contributed by atoms with van der Waals surface area (Å²) in [6, 6.07) is 0. The van der Waals surface area contributed by atoms with Crippen molar-refractivity contribution < 1.29 is 4.42 Å². The van der Waals surface area contributed by atoms with E-state index in [4.69, 9.17) is 16.0 Å². The monoisotopic (exact) mass is 169 g/mol. The molecule has 0 unspecified atom stereocenters. The SMILES string of the molecule is Cc1nc2c(Cl)ncnc2o1. The van der Waals surface area contributed by atoms with Crippen molar-refractivity contribution in [2.45, 2.75) is 6.92 Å². The van der Waals surface area contributed by atoms with Crippen LogP contribution in [0.3, 0.4) is 0 Å². The lowest BCUT2D eigenvalue weighted by molar-refractivity contribution is 0.551. The van der Waals surface area contributed by atoms with Gasteiger partial charge in [0.1, 0.15) is 6.33 Å². The molecule has 2 heterocycles.